The number of carbonyl (C=O) groups excluding carboxylic acids is 2. The van der Waals surface area contributed by atoms with Gasteiger partial charge < -0.3 is 4.74 Å². The van der Waals surface area contributed by atoms with Gasteiger partial charge in [-0.3, -0.25) is 14.6 Å². The minimum Gasteiger partial charge on any atom is -0.465 e. The fraction of sp³-hybridized carbons (Fsp3) is 0.222. The summed E-state index contributed by atoms with van der Waals surface area (Å²) in [4.78, 5) is 32.3. The van der Waals surface area contributed by atoms with Crippen molar-refractivity contribution in [3.8, 4) is 0 Å². The molecule has 0 aliphatic heterocycles. The van der Waals surface area contributed by atoms with E-state index < -0.39 is 45.4 Å². The minimum absolute atomic E-state index is 0.0543. The fourth-order valence-electron chi connectivity index (χ4n) is 2.26. The van der Waals surface area contributed by atoms with Gasteiger partial charge in [0.05, 0.1) is 17.9 Å². The molecule has 5 nitrogen and oxygen atoms in total. The van der Waals surface area contributed by atoms with Gasteiger partial charge in [0.25, 0.3) is 0 Å². The largest absolute Gasteiger partial charge is 0.465 e. The Morgan fingerprint density at radius 2 is 1.93 bits per heavy atom. The topological polar surface area (TPSA) is 68.6 Å². The third kappa shape index (κ3) is 4.69. The van der Waals surface area contributed by atoms with Gasteiger partial charge in [0.1, 0.15) is 11.0 Å². The molecule has 1 aromatic heterocycles. The van der Waals surface area contributed by atoms with Crippen molar-refractivity contribution in [2.45, 2.75) is 13.8 Å². The molecule has 0 N–H and O–H groups in total. The Balaban J connectivity index is 2.49. The second-order valence-corrected chi connectivity index (χ2v) is 6.19. The Kier molecular flexibility index (Phi) is 7.15. The predicted molar refractivity (Wildman–Crippen MR) is 97.9 cm³/mol. The van der Waals surface area contributed by atoms with Crippen LogP contribution in [0.5, 0.6) is 0 Å². The Morgan fingerprint density at radius 3 is 2.54 bits per heavy atom. The Morgan fingerprint density at radius 1 is 1.25 bits per heavy atom. The highest BCUT2D eigenvalue weighted by atomic mass is 35.5. The summed E-state index contributed by atoms with van der Waals surface area (Å²) in [5, 5.41) is -0.946. The number of hydrogen-bond donors (Lipinski definition) is 0. The molecule has 1 heterocycles. The van der Waals surface area contributed by atoms with E-state index in [9.17, 15) is 22.8 Å². The number of rotatable bonds is 6. The first-order chi connectivity index (χ1) is 13.2. The first-order valence-electron chi connectivity index (χ1n) is 7.88. The average molecular weight is 433 g/mol. The highest BCUT2D eigenvalue weighted by Crippen LogP contribution is 2.28. The van der Waals surface area contributed by atoms with E-state index in [-0.39, 0.29) is 23.4 Å². The van der Waals surface area contributed by atoms with Crippen LogP contribution in [0.25, 0.3) is 0 Å². The van der Waals surface area contributed by atoms with Gasteiger partial charge in [-0.2, -0.15) is 0 Å². The van der Waals surface area contributed by atoms with E-state index in [0.717, 1.165) is 18.3 Å². The van der Waals surface area contributed by atoms with E-state index in [2.05, 4.69) is 9.98 Å². The van der Waals surface area contributed by atoms with Gasteiger partial charge in [0.2, 0.25) is 0 Å². The number of pyridine rings is 1. The maximum absolute atomic E-state index is 14.0. The summed E-state index contributed by atoms with van der Waals surface area (Å²) < 4.78 is 45.6. The molecule has 2 rings (SSSR count). The number of aromatic nitrogens is 1. The number of hydrogen-bond acceptors (Lipinski definition) is 5. The van der Waals surface area contributed by atoms with E-state index in [1.807, 2.05) is 0 Å². The first kappa shape index (κ1) is 21.8. The predicted octanol–water partition coefficient (Wildman–Crippen LogP) is 4.88. The lowest BCUT2D eigenvalue weighted by Gasteiger charge is -2.14. The van der Waals surface area contributed by atoms with Gasteiger partial charge in [-0.1, -0.05) is 23.2 Å². The van der Waals surface area contributed by atoms with Crippen LogP contribution in [0.2, 0.25) is 10.3 Å². The first-order valence-corrected chi connectivity index (χ1v) is 8.64. The van der Waals surface area contributed by atoms with Crippen LogP contribution in [0, 0.1) is 30.3 Å². The van der Waals surface area contributed by atoms with Crippen molar-refractivity contribution in [2.75, 3.05) is 6.61 Å². The molecule has 0 fully saturated rings. The number of esters is 1. The molecular weight excluding hydrogens is 420 g/mol. The Labute approximate surface area is 168 Å². The Hall–Kier alpha value is -2.45. The van der Waals surface area contributed by atoms with Gasteiger partial charge in [-0.05, 0) is 26.0 Å². The minimum atomic E-state index is -1.66. The third-order valence-electron chi connectivity index (χ3n) is 3.63. The van der Waals surface area contributed by atoms with Crippen molar-refractivity contribution in [2.24, 2.45) is 10.9 Å². The molecule has 28 heavy (non-hydrogen) atoms. The second-order valence-electron chi connectivity index (χ2n) is 5.48. The van der Waals surface area contributed by atoms with Crippen LogP contribution in [0.4, 0.5) is 18.9 Å². The third-order valence-corrected chi connectivity index (χ3v) is 4.15. The van der Waals surface area contributed by atoms with Gasteiger partial charge in [-0.15, -0.1) is 0 Å². The molecule has 0 radical (unpaired) electrons. The molecule has 0 saturated heterocycles. The van der Waals surface area contributed by atoms with Crippen molar-refractivity contribution in [3.63, 3.8) is 0 Å². The molecule has 1 aromatic carbocycles. The lowest BCUT2D eigenvalue weighted by Crippen LogP contribution is -2.29. The standard InChI is InChI=1S/C18H13Cl2F3N2O3/c1-3-28-18(27)10(7-24-12-5-4-9(21)6-11(12)22)15(26)13-8(2)14(23)17(20)25-16(13)19/h4-7,10H,3H2,1-2H3. The SMILES string of the molecule is CCOC(=O)C(C=Nc1ccc(F)cc1F)C(=O)c1c(Cl)nc(Cl)c(F)c1C. The number of ether oxygens (including phenoxy) is 1. The van der Waals surface area contributed by atoms with Gasteiger partial charge in [-0.25, -0.2) is 18.2 Å². The van der Waals surface area contributed by atoms with Crippen LogP contribution in [0.15, 0.2) is 23.2 Å². The smallest absolute Gasteiger partial charge is 0.322 e. The summed E-state index contributed by atoms with van der Waals surface area (Å²) >= 11 is 11.5. The van der Waals surface area contributed by atoms with E-state index in [1.54, 1.807) is 0 Å². The highest BCUT2D eigenvalue weighted by molar-refractivity contribution is 6.36. The van der Waals surface area contributed by atoms with Crippen LogP contribution >= 0.6 is 23.2 Å². The van der Waals surface area contributed by atoms with Crippen LogP contribution in [0.3, 0.4) is 0 Å². The lowest BCUT2D eigenvalue weighted by atomic mass is 9.96. The molecule has 0 spiro atoms. The van der Waals surface area contributed by atoms with E-state index in [1.165, 1.54) is 13.8 Å². The molecule has 0 amide bonds. The van der Waals surface area contributed by atoms with Crippen LogP contribution in [-0.4, -0.2) is 29.6 Å². The maximum Gasteiger partial charge on any atom is 0.322 e. The fourth-order valence-corrected chi connectivity index (χ4v) is 2.85. The van der Waals surface area contributed by atoms with E-state index in [4.69, 9.17) is 27.9 Å². The van der Waals surface area contributed by atoms with Crippen molar-refractivity contribution >= 4 is 46.9 Å². The van der Waals surface area contributed by atoms with Crippen molar-refractivity contribution in [1.82, 2.24) is 4.98 Å². The number of Topliss-reactive ketones (excluding diaryl/α,β-unsaturated/α-hetero) is 1. The second kappa shape index (κ2) is 9.16. The highest BCUT2D eigenvalue weighted by Gasteiger charge is 2.32. The number of halogens is 5. The number of ketones is 1. The maximum atomic E-state index is 14.0. The van der Waals surface area contributed by atoms with E-state index in [0.29, 0.717) is 6.07 Å². The number of aliphatic imine (C=N–C) groups is 1. The van der Waals surface area contributed by atoms with Gasteiger partial charge in [0.15, 0.2) is 28.5 Å². The average Bonchev–Trinajstić information content (AvgIpc) is 2.62. The van der Waals surface area contributed by atoms with Gasteiger partial charge in [0, 0.05) is 17.8 Å². The zero-order chi connectivity index (χ0) is 21.0. The van der Waals surface area contributed by atoms with E-state index >= 15 is 0 Å². The van der Waals surface area contributed by atoms with Crippen molar-refractivity contribution < 1.29 is 27.5 Å². The molecule has 148 valence electrons. The van der Waals surface area contributed by atoms with Crippen molar-refractivity contribution in [1.29, 1.82) is 0 Å². The molecular formula is C18H13Cl2F3N2O3. The summed E-state index contributed by atoms with van der Waals surface area (Å²) in [5.41, 5.74) is -0.912. The molecule has 0 saturated carbocycles. The summed E-state index contributed by atoms with van der Waals surface area (Å²) in [5.74, 6) is -6.43. The normalized spacial score (nSPS) is 12.2. The molecule has 10 heteroatoms. The molecule has 1 unspecified atom stereocenters. The Bertz CT molecular complexity index is 968. The number of carbonyl (C=O) groups is 2. The summed E-state index contributed by atoms with van der Waals surface area (Å²) in [6, 6.07) is 2.57. The zero-order valence-electron chi connectivity index (χ0n) is 14.6. The summed E-state index contributed by atoms with van der Waals surface area (Å²) in [7, 11) is 0. The lowest BCUT2D eigenvalue weighted by molar-refractivity contribution is -0.143. The molecule has 0 bridgehead atoms. The monoisotopic (exact) mass is 432 g/mol. The van der Waals surface area contributed by atoms with Crippen LogP contribution in [-0.2, 0) is 9.53 Å². The molecule has 1 atom stereocenters. The van der Waals surface area contributed by atoms with Crippen LogP contribution < -0.4 is 0 Å². The molecule has 0 aliphatic carbocycles. The van der Waals surface area contributed by atoms with Crippen molar-refractivity contribution in [3.05, 3.63) is 57.1 Å². The van der Waals surface area contributed by atoms with Crippen LogP contribution in [0.1, 0.15) is 22.8 Å². The summed E-state index contributed by atoms with van der Waals surface area (Å²) in [6.07, 6.45) is 0.818. The zero-order valence-corrected chi connectivity index (χ0v) is 16.1. The molecule has 2 aromatic rings. The molecule has 0 aliphatic rings. The number of nitrogens with zero attached hydrogens (tertiary/aromatic N) is 2. The van der Waals surface area contributed by atoms with Gasteiger partial charge >= 0.3 is 5.97 Å². The quantitative estimate of drug-likeness (QED) is 0.214. The number of benzene rings is 1. The summed E-state index contributed by atoms with van der Waals surface area (Å²) in [6.45, 7) is 2.69.